The number of hydrogen-bond donors (Lipinski definition) is 0. The molecule has 0 aliphatic rings. The molecule has 5 heteroatoms. The molecule has 1 aromatic heterocycles. The highest BCUT2D eigenvalue weighted by Gasteiger charge is 2.10. The van der Waals surface area contributed by atoms with Crippen LogP contribution in [0.3, 0.4) is 0 Å². The van der Waals surface area contributed by atoms with Crippen molar-refractivity contribution in [2.24, 2.45) is 0 Å². The molecule has 0 bridgehead atoms. The van der Waals surface area contributed by atoms with Crippen molar-refractivity contribution in [2.75, 3.05) is 0 Å². The quantitative estimate of drug-likeness (QED) is 0.682. The van der Waals surface area contributed by atoms with Gasteiger partial charge in [0.2, 0.25) is 0 Å². The minimum absolute atomic E-state index is 0.269. The third kappa shape index (κ3) is 2.14. The highest BCUT2D eigenvalue weighted by Crippen LogP contribution is 2.16. The summed E-state index contributed by atoms with van der Waals surface area (Å²) in [7, 11) is 0. The third-order valence-corrected chi connectivity index (χ3v) is 3.61. The maximum absolute atomic E-state index is 13.3. The fraction of sp³-hybridized carbons (Fsp3) is 0.0667. The van der Waals surface area contributed by atoms with Crippen LogP contribution in [0.15, 0.2) is 51.7 Å². The number of aromatic nitrogens is 2. The fourth-order valence-electron chi connectivity index (χ4n) is 2.16. The summed E-state index contributed by atoms with van der Waals surface area (Å²) in [5.41, 5.74) is 0.936. The van der Waals surface area contributed by atoms with Gasteiger partial charge in [-0.15, -0.1) is 0 Å². The summed E-state index contributed by atoms with van der Waals surface area (Å²) in [5.74, 6) is 0.124. The first-order valence-electron chi connectivity index (χ1n) is 6.01. The minimum Gasteiger partial charge on any atom is -0.268 e. The van der Waals surface area contributed by atoms with Crippen molar-refractivity contribution < 1.29 is 4.39 Å². The van der Waals surface area contributed by atoms with Crippen molar-refractivity contribution in [3.8, 4) is 5.69 Å². The molecule has 0 radical (unpaired) electrons. The van der Waals surface area contributed by atoms with E-state index in [-0.39, 0.29) is 10.9 Å². The van der Waals surface area contributed by atoms with E-state index in [9.17, 15) is 9.18 Å². The molecule has 0 saturated heterocycles. The van der Waals surface area contributed by atoms with Gasteiger partial charge in [0.05, 0.1) is 16.6 Å². The Morgan fingerprint density at radius 1 is 1.15 bits per heavy atom. The molecule has 0 fully saturated rings. The van der Waals surface area contributed by atoms with E-state index in [4.69, 9.17) is 0 Å². The van der Waals surface area contributed by atoms with E-state index < -0.39 is 5.82 Å². The summed E-state index contributed by atoms with van der Waals surface area (Å²) < 4.78 is 15.7. The van der Waals surface area contributed by atoms with E-state index in [2.05, 4.69) is 20.9 Å². The second-order valence-corrected chi connectivity index (χ2v) is 5.35. The van der Waals surface area contributed by atoms with Gasteiger partial charge in [-0.05, 0) is 49.4 Å². The molecule has 1 heterocycles. The normalized spacial score (nSPS) is 10.9. The lowest BCUT2D eigenvalue weighted by Crippen LogP contribution is -2.22. The monoisotopic (exact) mass is 332 g/mol. The average molecular weight is 333 g/mol. The van der Waals surface area contributed by atoms with Gasteiger partial charge in [0.1, 0.15) is 11.6 Å². The van der Waals surface area contributed by atoms with Crippen LogP contribution in [-0.4, -0.2) is 9.55 Å². The molecule has 0 aliphatic heterocycles. The molecule has 0 unspecified atom stereocenters. The number of halogens is 2. The summed E-state index contributed by atoms with van der Waals surface area (Å²) in [6.45, 7) is 1.76. The highest BCUT2D eigenvalue weighted by molar-refractivity contribution is 9.10. The lowest BCUT2D eigenvalue weighted by Gasteiger charge is -2.10. The number of aryl methyl sites for hydroxylation is 1. The minimum atomic E-state index is -0.442. The Labute approximate surface area is 122 Å². The number of nitrogens with zero attached hydrogens (tertiary/aromatic N) is 2. The average Bonchev–Trinajstić information content (AvgIpc) is 2.42. The van der Waals surface area contributed by atoms with Gasteiger partial charge in [-0.25, -0.2) is 9.37 Å². The first kappa shape index (κ1) is 13.0. The second kappa shape index (κ2) is 4.83. The first-order chi connectivity index (χ1) is 9.56. The molecular formula is C15H10BrFN2O. The van der Waals surface area contributed by atoms with E-state index in [1.807, 2.05) is 24.3 Å². The van der Waals surface area contributed by atoms with E-state index in [1.54, 1.807) is 6.92 Å². The summed E-state index contributed by atoms with van der Waals surface area (Å²) in [4.78, 5) is 16.9. The zero-order valence-electron chi connectivity index (χ0n) is 10.6. The Morgan fingerprint density at radius 3 is 2.55 bits per heavy atom. The van der Waals surface area contributed by atoms with Gasteiger partial charge in [-0.3, -0.25) is 9.36 Å². The largest absolute Gasteiger partial charge is 0.268 e. The molecule has 0 aliphatic carbocycles. The molecule has 100 valence electrons. The molecule has 0 spiro atoms. The topological polar surface area (TPSA) is 34.9 Å². The van der Waals surface area contributed by atoms with E-state index >= 15 is 0 Å². The standard InChI is InChI=1S/C15H10BrFN2O/c1-9-18-14-7-4-11(17)8-13(14)15(20)19(9)12-5-2-10(16)3-6-12/h2-8H,1H3. The van der Waals surface area contributed by atoms with Gasteiger partial charge in [-0.1, -0.05) is 15.9 Å². The number of hydrogen-bond acceptors (Lipinski definition) is 2. The summed E-state index contributed by atoms with van der Waals surface area (Å²) in [5, 5.41) is 0.276. The fourth-order valence-corrected chi connectivity index (χ4v) is 2.43. The molecular weight excluding hydrogens is 323 g/mol. The van der Waals surface area contributed by atoms with Gasteiger partial charge in [0, 0.05) is 4.47 Å². The van der Waals surface area contributed by atoms with Crippen LogP contribution < -0.4 is 5.56 Å². The van der Waals surface area contributed by atoms with Crippen molar-refractivity contribution in [2.45, 2.75) is 6.92 Å². The smallest absolute Gasteiger partial charge is 0.266 e. The Morgan fingerprint density at radius 2 is 1.85 bits per heavy atom. The Balaban J connectivity index is 2.36. The predicted octanol–water partition coefficient (Wildman–Crippen LogP) is 3.60. The summed E-state index contributed by atoms with van der Waals surface area (Å²) in [6, 6.07) is 11.4. The van der Waals surface area contributed by atoms with Crippen LogP contribution in [0.25, 0.3) is 16.6 Å². The van der Waals surface area contributed by atoms with Crippen molar-refractivity contribution >= 4 is 26.8 Å². The maximum atomic E-state index is 13.3. The molecule has 20 heavy (non-hydrogen) atoms. The van der Waals surface area contributed by atoms with Crippen molar-refractivity contribution in [1.82, 2.24) is 9.55 Å². The predicted molar refractivity (Wildman–Crippen MR) is 79.7 cm³/mol. The molecule has 0 saturated carbocycles. The van der Waals surface area contributed by atoms with Crippen LogP contribution >= 0.6 is 15.9 Å². The molecule has 2 aromatic carbocycles. The SMILES string of the molecule is Cc1nc2ccc(F)cc2c(=O)n1-c1ccc(Br)cc1. The zero-order chi connectivity index (χ0) is 14.3. The Hall–Kier alpha value is -2.01. The third-order valence-electron chi connectivity index (χ3n) is 3.08. The molecule has 3 aromatic rings. The van der Waals surface area contributed by atoms with Crippen molar-refractivity contribution in [3.05, 3.63) is 68.9 Å². The van der Waals surface area contributed by atoms with Gasteiger partial charge >= 0.3 is 0 Å². The molecule has 0 atom stereocenters. The number of fused-ring (bicyclic) bond motifs is 1. The maximum Gasteiger partial charge on any atom is 0.266 e. The first-order valence-corrected chi connectivity index (χ1v) is 6.80. The second-order valence-electron chi connectivity index (χ2n) is 4.44. The number of rotatable bonds is 1. The van der Waals surface area contributed by atoms with E-state index in [1.165, 1.54) is 22.8 Å². The van der Waals surface area contributed by atoms with Crippen LogP contribution in [0.2, 0.25) is 0 Å². The highest BCUT2D eigenvalue weighted by atomic mass is 79.9. The Bertz CT molecular complexity index is 856. The van der Waals surface area contributed by atoms with Crippen LogP contribution in [0, 0.1) is 12.7 Å². The Kier molecular flexibility index (Phi) is 3.14. The lowest BCUT2D eigenvalue weighted by molar-refractivity contribution is 0.629. The van der Waals surface area contributed by atoms with Gasteiger partial charge in [0.25, 0.3) is 5.56 Å². The van der Waals surface area contributed by atoms with Gasteiger partial charge < -0.3 is 0 Å². The van der Waals surface area contributed by atoms with Crippen LogP contribution in [0.5, 0.6) is 0 Å². The number of benzene rings is 2. The molecule has 0 N–H and O–H groups in total. The molecule has 3 rings (SSSR count). The van der Waals surface area contributed by atoms with E-state index in [0.29, 0.717) is 17.0 Å². The van der Waals surface area contributed by atoms with Gasteiger partial charge in [0.15, 0.2) is 0 Å². The van der Waals surface area contributed by atoms with Gasteiger partial charge in [-0.2, -0.15) is 0 Å². The summed E-state index contributed by atoms with van der Waals surface area (Å²) in [6.07, 6.45) is 0. The lowest BCUT2D eigenvalue weighted by atomic mass is 10.2. The van der Waals surface area contributed by atoms with Crippen LogP contribution in [-0.2, 0) is 0 Å². The van der Waals surface area contributed by atoms with Crippen molar-refractivity contribution in [1.29, 1.82) is 0 Å². The van der Waals surface area contributed by atoms with E-state index in [0.717, 1.165) is 4.47 Å². The molecule has 0 amide bonds. The molecule has 3 nitrogen and oxygen atoms in total. The van der Waals surface area contributed by atoms with Crippen LogP contribution in [0.4, 0.5) is 4.39 Å². The summed E-state index contributed by atoms with van der Waals surface area (Å²) >= 11 is 3.35. The zero-order valence-corrected chi connectivity index (χ0v) is 12.2. The van der Waals surface area contributed by atoms with Crippen molar-refractivity contribution in [3.63, 3.8) is 0 Å². The van der Waals surface area contributed by atoms with Crippen LogP contribution in [0.1, 0.15) is 5.82 Å².